The highest BCUT2D eigenvalue weighted by Gasteiger charge is 2.11. The molecule has 0 atom stereocenters. The smallest absolute Gasteiger partial charge is 0.191 e. The number of aliphatic imine (C=N–C) groups is 1. The number of likely N-dealkylation sites (tertiary alicyclic amines) is 1. The summed E-state index contributed by atoms with van der Waals surface area (Å²) in [6.45, 7) is 2.83. The maximum Gasteiger partial charge on any atom is 0.191 e. The first-order chi connectivity index (χ1) is 9.29. The Balaban J connectivity index is 1.84. The number of hydrogen-bond donors (Lipinski definition) is 1. The van der Waals surface area contributed by atoms with Gasteiger partial charge in [-0.05, 0) is 43.4 Å². The Morgan fingerprint density at radius 2 is 2.11 bits per heavy atom. The van der Waals surface area contributed by atoms with Crippen molar-refractivity contribution in [2.24, 2.45) is 10.7 Å². The number of nitrogens with zero attached hydrogens (tertiary/aromatic N) is 2. The van der Waals surface area contributed by atoms with Crippen LogP contribution in [-0.2, 0) is 6.42 Å². The zero-order chi connectivity index (χ0) is 13.5. The molecule has 4 heteroatoms. The third-order valence-electron chi connectivity index (χ3n) is 3.49. The maximum atomic E-state index is 6.02. The lowest BCUT2D eigenvalue weighted by Crippen LogP contribution is -2.41. The molecule has 104 valence electrons. The molecule has 1 saturated heterocycles. The molecule has 0 unspecified atom stereocenters. The maximum absolute atomic E-state index is 6.02. The van der Waals surface area contributed by atoms with E-state index in [9.17, 15) is 0 Å². The zero-order valence-corrected chi connectivity index (χ0v) is 11.6. The first-order valence-electron chi connectivity index (χ1n) is 6.97. The molecule has 4 nitrogen and oxygen atoms in total. The normalized spacial score (nSPS) is 16.5. The van der Waals surface area contributed by atoms with Gasteiger partial charge in [0, 0.05) is 19.6 Å². The monoisotopic (exact) mass is 261 g/mol. The highest BCUT2D eigenvalue weighted by Crippen LogP contribution is 2.13. The standard InChI is InChI=1S/C15H23N3O/c1-19-14-7-5-6-13(12-14)8-9-17-15(16)18-10-3-2-4-11-18/h5-7,12H,2-4,8-11H2,1H3,(H2,16,17). The van der Waals surface area contributed by atoms with E-state index in [1.807, 2.05) is 18.2 Å². The Labute approximate surface area is 115 Å². The molecule has 1 aliphatic rings. The van der Waals surface area contributed by atoms with Gasteiger partial charge in [0.1, 0.15) is 5.75 Å². The third-order valence-corrected chi connectivity index (χ3v) is 3.49. The lowest BCUT2D eigenvalue weighted by atomic mass is 10.1. The SMILES string of the molecule is COc1cccc(CCN=C(N)N2CCCCC2)c1. The first kappa shape index (κ1) is 13.7. The number of nitrogens with two attached hydrogens (primary N) is 1. The summed E-state index contributed by atoms with van der Waals surface area (Å²) in [5, 5.41) is 0. The van der Waals surface area contributed by atoms with Crippen LogP contribution in [0.4, 0.5) is 0 Å². The van der Waals surface area contributed by atoms with Crippen LogP contribution in [0.3, 0.4) is 0 Å². The zero-order valence-electron chi connectivity index (χ0n) is 11.6. The average Bonchev–Trinajstić information content (AvgIpc) is 2.48. The van der Waals surface area contributed by atoms with E-state index in [2.05, 4.69) is 16.0 Å². The number of guanidine groups is 1. The fourth-order valence-corrected chi connectivity index (χ4v) is 2.35. The molecule has 0 bridgehead atoms. The molecule has 1 fully saturated rings. The Bertz CT molecular complexity index is 425. The average molecular weight is 261 g/mol. The molecule has 0 saturated carbocycles. The second-order valence-corrected chi connectivity index (χ2v) is 4.89. The molecular weight excluding hydrogens is 238 g/mol. The van der Waals surface area contributed by atoms with Crippen molar-refractivity contribution in [3.63, 3.8) is 0 Å². The number of benzene rings is 1. The molecule has 1 aliphatic heterocycles. The molecule has 0 spiro atoms. The molecule has 19 heavy (non-hydrogen) atoms. The second kappa shape index (κ2) is 7.02. The molecule has 1 aromatic carbocycles. The number of rotatable bonds is 4. The van der Waals surface area contributed by atoms with Crippen LogP contribution >= 0.6 is 0 Å². The van der Waals surface area contributed by atoms with Gasteiger partial charge in [0.15, 0.2) is 5.96 Å². The van der Waals surface area contributed by atoms with Gasteiger partial charge in [0.2, 0.25) is 0 Å². The van der Waals surface area contributed by atoms with Crippen LogP contribution in [0.2, 0.25) is 0 Å². The minimum absolute atomic E-state index is 0.697. The highest BCUT2D eigenvalue weighted by molar-refractivity contribution is 5.78. The van der Waals surface area contributed by atoms with Gasteiger partial charge in [-0.15, -0.1) is 0 Å². The van der Waals surface area contributed by atoms with E-state index < -0.39 is 0 Å². The predicted molar refractivity (Wildman–Crippen MR) is 78.6 cm³/mol. The predicted octanol–water partition coefficient (Wildman–Crippen LogP) is 2.04. The highest BCUT2D eigenvalue weighted by atomic mass is 16.5. The molecular formula is C15H23N3O. The van der Waals surface area contributed by atoms with Gasteiger partial charge in [-0.25, -0.2) is 0 Å². The first-order valence-corrected chi connectivity index (χ1v) is 6.97. The number of methoxy groups -OCH3 is 1. The molecule has 1 aromatic rings. The van der Waals surface area contributed by atoms with E-state index in [1.54, 1.807) is 7.11 Å². The summed E-state index contributed by atoms with van der Waals surface area (Å²) >= 11 is 0. The lowest BCUT2D eigenvalue weighted by Gasteiger charge is -2.27. The van der Waals surface area contributed by atoms with Crippen LogP contribution in [0.25, 0.3) is 0 Å². The Morgan fingerprint density at radius 3 is 2.84 bits per heavy atom. The van der Waals surface area contributed by atoms with Crippen LogP contribution in [0.1, 0.15) is 24.8 Å². The van der Waals surface area contributed by atoms with E-state index in [0.29, 0.717) is 5.96 Å². The van der Waals surface area contributed by atoms with Crippen molar-refractivity contribution in [1.82, 2.24) is 4.90 Å². The summed E-state index contributed by atoms with van der Waals surface area (Å²) in [5.41, 5.74) is 7.25. The summed E-state index contributed by atoms with van der Waals surface area (Å²) in [5.74, 6) is 1.59. The molecule has 2 rings (SSSR count). The van der Waals surface area contributed by atoms with Crippen molar-refractivity contribution < 1.29 is 4.74 Å². The summed E-state index contributed by atoms with van der Waals surface area (Å²) in [7, 11) is 1.69. The third kappa shape index (κ3) is 4.16. The van der Waals surface area contributed by atoms with Gasteiger partial charge in [-0.3, -0.25) is 4.99 Å². The van der Waals surface area contributed by atoms with Crippen LogP contribution in [0.5, 0.6) is 5.75 Å². The topological polar surface area (TPSA) is 50.9 Å². The van der Waals surface area contributed by atoms with Gasteiger partial charge in [0.25, 0.3) is 0 Å². The fraction of sp³-hybridized carbons (Fsp3) is 0.533. The summed E-state index contributed by atoms with van der Waals surface area (Å²) in [6.07, 6.45) is 4.66. The van der Waals surface area contributed by atoms with E-state index in [-0.39, 0.29) is 0 Å². The van der Waals surface area contributed by atoms with E-state index in [1.165, 1.54) is 24.8 Å². The van der Waals surface area contributed by atoms with Crippen LogP contribution in [0.15, 0.2) is 29.3 Å². The van der Waals surface area contributed by atoms with Crippen molar-refractivity contribution in [2.75, 3.05) is 26.7 Å². The molecule has 0 amide bonds. The minimum atomic E-state index is 0.697. The van der Waals surface area contributed by atoms with Crippen molar-refractivity contribution in [3.05, 3.63) is 29.8 Å². The summed E-state index contributed by atoms with van der Waals surface area (Å²) in [4.78, 5) is 6.67. The van der Waals surface area contributed by atoms with E-state index >= 15 is 0 Å². The Kier molecular flexibility index (Phi) is 5.07. The number of piperidine rings is 1. The molecule has 0 radical (unpaired) electrons. The van der Waals surface area contributed by atoms with Crippen molar-refractivity contribution in [3.8, 4) is 5.75 Å². The fourth-order valence-electron chi connectivity index (χ4n) is 2.35. The second-order valence-electron chi connectivity index (χ2n) is 4.89. The Morgan fingerprint density at radius 1 is 1.32 bits per heavy atom. The quantitative estimate of drug-likeness (QED) is 0.666. The molecule has 2 N–H and O–H groups in total. The molecule has 1 heterocycles. The van der Waals surface area contributed by atoms with E-state index in [4.69, 9.17) is 10.5 Å². The summed E-state index contributed by atoms with van der Waals surface area (Å²) in [6, 6.07) is 8.10. The van der Waals surface area contributed by atoms with Crippen LogP contribution in [-0.4, -0.2) is 37.6 Å². The Hall–Kier alpha value is -1.71. The number of hydrogen-bond acceptors (Lipinski definition) is 2. The van der Waals surface area contributed by atoms with Crippen molar-refractivity contribution in [2.45, 2.75) is 25.7 Å². The van der Waals surface area contributed by atoms with Gasteiger partial charge in [0.05, 0.1) is 7.11 Å². The largest absolute Gasteiger partial charge is 0.497 e. The van der Waals surface area contributed by atoms with Gasteiger partial charge >= 0.3 is 0 Å². The van der Waals surface area contributed by atoms with Crippen molar-refractivity contribution in [1.29, 1.82) is 0 Å². The van der Waals surface area contributed by atoms with Gasteiger partial charge in [-0.1, -0.05) is 12.1 Å². The van der Waals surface area contributed by atoms with Crippen LogP contribution < -0.4 is 10.5 Å². The van der Waals surface area contributed by atoms with Gasteiger partial charge in [-0.2, -0.15) is 0 Å². The molecule has 0 aliphatic carbocycles. The summed E-state index contributed by atoms with van der Waals surface area (Å²) < 4.78 is 5.21. The van der Waals surface area contributed by atoms with Crippen molar-refractivity contribution >= 4 is 5.96 Å². The van der Waals surface area contributed by atoms with Gasteiger partial charge < -0.3 is 15.4 Å². The number of ether oxygens (including phenoxy) is 1. The minimum Gasteiger partial charge on any atom is -0.497 e. The van der Waals surface area contributed by atoms with Crippen LogP contribution in [0, 0.1) is 0 Å². The molecule has 0 aromatic heterocycles. The lowest BCUT2D eigenvalue weighted by molar-refractivity contribution is 0.338. The van der Waals surface area contributed by atoms with E-state index in [0.717, 1.165) is 31.8 Å².